The van der Waals surface area contributed by atoms with Crippen LogP contribution < -0.4 is 0 Å². The minimum atomic E-state index is -0.927. The smallest absolute Gasteiger partial charge is 0.309 e. The molecule has 1 unspecified atom stereocenters. The van der Waals surface area contributed by atoms with E-state index in [9.17, 15) is 19.5 Å². The molecule has 0 bridgehead atoms. The van der Waals surface area contributed by atoms with E-state index >= 15 is 0 Å². The first-order valence-electron chi connectivity index (χ1n) is 8.66. The molecule has 1 aromatic heterocycles. The molecule has 1 N–H and O–H groups in total. The summed E-state index contributed by atoms with van der Waals surface area (Å²) in [6, 6.07) is 0. The summed E-state index contributed by atoms with van der Waals surface area (Å²) in [5, 5.41) is 9.50. The normalized spacial score (nSPS) is 22.6. The summed E-state index contributed by atoms with van der Waals surface area (Å²) in [6.45, 7) is 3.17. The van der Waals surface area contributed by atoms with E-state index in [0.717, 1.165) is 12.2 Å². The fourth-order valence-electron chi connectivity index (χ4n) is 4.17. The predicted octanol–water partition coefficient (Wildman–Crippen LogP) is 0.370. The van der Waals surface area contributed by atoms with Crippen LogP contribution in [0, 0.1) is 5.92 Å². The number of likely N-dealkylation sites (tertiary alicyclic amines) is 2. The third kappa shape index (κ3) is 2.89. The molecule has 1 atom stereocenters. The van der Waals surface area contributed by atoms with Crippen molar-refractivity contribution >= 4 is 17.8 Å². The summed E-state index contributed by atoms with van der Waals surface area (Å²) in [5.74, 6) is -0.875. The Balaban J connectivity index is 1.68. The van der Waals surface area contributed by atoms with Crippen LogP contribution in [0.4, 0.5) is 0 Å². The Hall–Kier alpha value is -2.38. The van der Waals surface area contributed by atoms with E-state index in [2.05, 4.69) is 4.98 Å². The number of hydrogen-bond donors (Lipinski definition) is 1. The minimum absolute atomic E-state index is 0.00130. The molecule has 0 saturated carbocycles. The van der Waals surface area contributed by atoms with Crippen LogP contribution in [0.25, 0.3) is 0 Å². The second-order valence-corrected chi connectivity index (χ2v) is 6.86. The fraction of sp³-hybridized carbons (Fsp3) is 0.647. The number of carboxylic acid groups (broad SMARTS) is 1. The van der Waals surface area contributed by atoms with Crippen LogP contribution in [0.3, 0.4) is 0 Å². The summed E-state index contributed by atoms with van der Waals surface area (Å²) < 4.78 is 1.85. The molecule has 0 aromatic carbocycles. The zero-order chi connectivity index (χ0) is 18.2. The van der Waals surface area contributed by atoms with E-state index in [1.165, 1.54) is 0 Å². The van der Waals surface area contributed by atoms with E-state index in [4.69, 9.17) is 0 Å². The highest BCUT2D eigenvalue weighted by atomic mass is 16.4. The molecule has 0 aliphatic carbocycles. The number of aromatic nitrogens is 2. The van der Waals surface area contributed by atoms with Crippen molar-refractivity contribution in [2.45, 2.75) is 44.7 Å². The average Bonchev–Trinajstić information content (AvgIpc) is 3.14. The van der Waals surface area contributed by atoms with Crippen molar-refractivity contribution < 1.29 is 19.5 Å². The molecule has 8 nitrogen and oxygen atoms in total. The molecule has 3 heterocycles. The maximum Gasteiger partial charge on any atom is 0.309 e. The van der Waals surface area contributed by atoms with Crippen LogP contribution >= 0.6 is 0 Å². The Morgan fingerprint density at radius 2 is 2.04 bits per heavy atom. The van der Waals surface area contributed by atoms with Crippen molar-refractivity contribution in [1.29, 1.82) is 0 Å². The molecule has 136 valence electrons. The van der Waals surface area contributed by atoms with Crippen molar-refractivity contribution in [3.63, 3.8) is 0 Å². The second kappa shape index (κ2) is 6.50. The van der Waals surface area contributed by atoms with Crippen LogP contribution in [-0.2, 0) is 27.3 Å². The molecule has 25 heavy (non-hydrogen) atoms. The number of aliphatic carboxylic acids is 1. The van der Waals surface area contributed by atoms with E-state index in [1.54, 1.807) is 29.2 Å². The van der Waals surface area contributed by atoms with Gasteiger partial charge in [0.05, 0.1) is 11.5 Å². The molecule has 3 rings (SSSR count). The van der Waals surface area contributed by atoms with E-state index in [1.807, 2.05) is 11.5 Å². The SMILES string of the molecule is CCc1nccn1CC(=O)N1CCC2(CC1)C(C(=O)O)CC(=O)N2C. The van der Waals surface area contributed by atoms with Crippen molar-refractivity contribution in [2.24, 2.45) is 5.92 Å². The molecule has 1 aromatic rings. The number of nitrogens with zero attached hydrogens (tertiary/aromatic N) is 4. The Bertz CT molecular complexity index is 691. The second-order valence-electron chi connectivity index (χ2n) is 6.86. The highest BCUT2D eigenvalue weighted by Crippen LogP contribution is 2.42. The van der Waals surface area contributed by atoms with Gasteiger partial charge in [0.15, 0.2) is 0 Å². The highest BCUT2D eigenvalue weighted by Gasteiger charge is 2.55. The Morgan fingerprint density at radius 1 is 1.36 bits per heavy atom. The number of carbonyl (C=O) groups is 3. The first-order valence-corrected chi connectivity index (χ1v) is 8.66. The molecule has 2 aliphatic rings. The lowest BCUT2D eigenvalue weighted by Crippen LogP contribution is -2.57. The number of carboxylic acids is 1. The number of aryl methyl sites for hydroxylation is 1. The fourth-order valence-corrected chi connectivity index (χ4v) is 4.17. The van der Waals surface area contributed by atoms with Gasteiger partial charge in [-0.1, -0.05) is 6.92 Å². The van der Waals surface area contributed by atoms with Gasteiger partial charge in [0.1, 0.15) is 12.4 Å². The number of amides is 2. The zero-order valence-corrected chi connectivity index (χ0v) is 14.6. The van der Waals surface area contributed by atoms with Crippen molar-refractivity contribution in [1.82, 2.24) is 19.4 Å². The third-order valence-electron chi connectivity index (χ3n) is 5.77. The van der Waals surface area contributed by atoms with Crippen LogP contribution in [0.5, 0.6) is 0 Å². The van der Waals surface area contributed by atoms with Gasteiger partial charge in [-0.05, 0) is 12.8 Å². The molecule has 2 amide bonds. The Kier molecular flexibility index (Phi) is 4.53. The maximum atomic E-state index is 12.6. The van der Waals surface area contributed by atoms with E-state index in [-0.39, 0.29) is 24.8 Å². The lowest BCUT2D eigenvalue weighted by Gasteiger charge is -2.45. The van der Waals surface area contributed by atoms with Gasteiger partial charge in [0.25, 0.3) is 0 Å². The van der Waals surface area contributed by atoms with Gasteiger partial charge < -0.3 is 19.5 Å². The largest absolute Gasteiger partial charge is 0.481 e. The van der Waals surface area contributed by atoms with Crippen LogP contribution in [0.1, 0.15) is 32.0 Å². The number of hydrogen-bond acceptors (Lipinski definition) is 4. The zero-order valence-electron chi connectivity index (χ0n) is 14.6. The Labute approximate surface area is 146 Å². The van der Waals surface area contributed by atoms with Gasteiger partial charge in [0.2, 0.25) is 11.8 Å². The molecular formula is C17H24N4O4. The molecule has 2 aliphatic heterocycles. The third-order valence-corrected chi connectivity index (χ3v) is 5.77. The van der Waals surface area contributed by atoms with Gasteiger partial charge in [0, 0.05) is 45.4 Å². The number of piperidine rings is 1. The molecule has 2 fully saturated rings. The summed E-state index contributed by atoms with van der Waals surface area (Å²) in [4.78, 5) is 43.8. The van der Waals surface area contributed by atoms with Gasteiger partial charge >= 0.3 is 5.97 Å². The molecule has 8 heteroatoms. The van der Waals surface area contributed by atoms with Gasteiger partial charge in [-0.25, -0.2) is 4.98 Å². The van der Waals surface area contributed by atoms with Crippen LogP contribution in [0.2, 0.25) is 0 Å². The Morgan fingerprint density at radius 3 is 2.64 bits per heavy atom. The minimum Gasteiger partial charge on any atom is -0.481 e. The van der Waals surface area contributed by atoms with Crippen molar-refractivity contribution in [2.75, 3.05) is 20.1 Å². The number of imidazole rings is 1. The standard InChI is InChI=1S/C17H24N4O4/c1-3-13-18-6-9-21(13)11-15(23)20-7-4-17(5-8-20)12(16(24)25)10-14(22)19(17)2/h6,9,12H,3-5,7-8,10-11H2,1-2H3,(H,24,25). The summed E-state index contributed by atoms with van der Waals surface area (Å²) >= 11 is 0. The van der Waals surface area contributed by atoms with Crippen molar-refractivity contribution in [3.8, 4) is 0 Å². The summed E-state index contributed by atoms with van der Waals surface area (Å²) in [6.07, 6.45) is 5.30. The van der Waals surface area contributed by atoms with Gasteiger partial charge in [-0.3, -0.25) is 14.4 Å². The molecule has 0 radical (unpaired) electrons. The molecular weight excluding hydrogens is 324 g/mol. The average molecular weight is 348 g/mol. The van der Waals surface area contributed by atoms with E-state index in [0.29, 0.717) is 25.9 Å². The first kappa shape index (κ1) is 17.4. The summed E-state index contributed by atoms with van der Waals surface area (Å²) in [5.41, 5.74) is -0.663. The number of rotatable bonds is 4. The van der Waals surface area contributed by atoms with Crippen molar-refractivity contribution in [3.05, 3.63) is 18.2 Å². The number of carbonyl (C=O) groups excluding carboxylic acids is 2. The maximum absolute atomic E-state index is 12.6. The topological polar surface area (TPSA) is 95.7 Å². The first-order chi connectivity index (χ1) is 11.9. The van der Waals surface area contributed by atoms with Gasteiger partial charge in [-0.15, -0.1) is 0 Å². The van der Waals surface area contributed by atoms with Gasteiger partial charge in [-0.2, -0.15) is 0 Å². The molecule has 2 saturated heterocycles. The van der Waals surface area contributed by atoms with Crippen LogP contribution in [0.15, 0.2) is 12.4 Å². The quantitative estimate of drug-likeness (QED) is 0.848. The highest BCUT2D eigenvalue weighted by molar-refractivity contribution is 5.88. The summed E-state index contributed by atoms with van der Waals surface area (Å²) in [7, 11) is 1.68. The van der Waals surface area contributed by atoms with E-state index < -0.39 is 17.4 Å². The predicted molar refractivity (Wildman–Crippen MR) is 88.7 cm³/mol. The lowest BCUT2D eigenvalue weighted by atomic mass is 9.77. The lowest BCUT2D eigenvalue weighted by molar-refractivity contribution is -0.147. The van der Waals surface area contributed by atoms with Crippen LogP contribution in [-0.4, -0.2) is 67.9 Å². The molecule has 1 spiro atoms. The monoisotopic (exact) mass is 348 g/mol.